The SMILES string of the molecule is Cc1c(F)cc(-n2cc(N3CCCC3=O)c3c(N4CCN(C(=O)OC(C)(C)C)C[C@@H]4C)ncnc32)cc1F. The lowest BCUT2D eigenvalue weighted by Gasteiger charge is -2.41. The zero-order valence-electron chi connectivity index (χ0n) is 22.3. The van der Waals surface area contributed by atoms with Crippen LogP contribution < -0.4 is 9.80 Å². The minimum atomic E-state index is -0.665. The van der Waals surface area contributed by atoms with Crippen molar-refractivity contribution < 1.29 is 23.1 Å². The molecule has 3 aromatic rings. The van der Waals surface area contributed by atoms with E-state index in [-0.39, 0.29) is 29.3 Å². The lowest BCUT2D eigenvalue weighted by atomic mass is 10.1. The Labute approximate surface area is 220 Å². The third-order valence-corrected chi connectivity index (χ3v) is 7.00. The molecule has 9 nitrogen and oxygen atoms in total. The van der Waals surface area contributed by atoms with Crippen LogP contribution in [0.4, 0.5) is 25.1 Å². The number of carbonyl (C=O) groups is 2. The van der Waals surface area contributed by atoms with Crippen LogP contribution in [0, 0.1) is 18.6 Å². The second-order valence-corrected chi connectivity index (χ2v) is 10.9. The number of carbonyl (C=O) groups excluding carboxylic acids is 2. The molecule has 1 atom stereocenters. The predicted octanol–water partition coefficient (Wildman–Crippen LogP) is 4.58. The largest absolute Gasteiger partial charge is 0.444 e. The van der Waals surface area contributed by atoms with E-state index in [1.807, 2.05) is 27.7 Å². The van der Waals surface area contributed by atoms with Crippen molar-refractivity contribution in [3.05, 3.63) is 41.9 Å². The van der Waals surface area contributed by atoms with E-state index < -0.39 is 17.2 Å². The van der Waals surface area contributed by atoms with Crippen molar-refractivity contribution in [2.45, 2.75) is 59.1 Å². The van der Waals surface area contributed by atoms with Gasteiger partial charge in [-0.1, -0.05) is 0 Å². The summed E-state index contributed by atoms with van der Waals surface area (Å²) in [4.78, 5) is 40.0. The van der Waals surface area contributed by atoms with Gasteiger partial charge < -0.3 is 19.4 Å². The zero-order chi connectivity index (χ0) is 27.4. The van der Waals surface area contributed by atoms with Crippen LogP contribution in [0.15, 0.2) is 24.7 Å². The van der Waals surface area contributed by atoms with Gasteiger partial charge in [-0.3, -0.25) is 9.36 Å². The molecule has 0 bridgehead atoms. The fraction of sp³-hybridized carbons (Fsp3) is 0.481. The maximum absolute atomic E-state index is 14.5. The molecule has 2 saturated heterocycles. The van der Waals surface area contributed by atoms with E-state index in [1.54, 1.807) is 20.6 Å². The van der Waals surface area contributed by atoms with Gasteiger partial charge in [0.15, 0.2) is 5.65 Å². The molecule has 5 rings (SSSR count). The molecule has 2 aliphatic heterocycles. The minimum Gasteiger partial charge on any atom is -0.444 e. The van der Waals surface area contributed by atoms with Crippen LogP contribution in [0.3, 0.4) is 0 Å². The van der Waals surface area contributed by atoms with Crippen LogP contribution in [0.25, 0.3) is 16.7 Å². The third kappa shape index (κ3) is 4.65. The minimum absolute atomic E-state index is 0.0251. The van der Waals surface area contributed by atoms with E-state index in [9.17, 15) is 18.4 Å². The van der Waals surface area contributed by atoms with E-state index in [4.69, 9.17) is 4.74 Å². The van der Waals surface area contributed by atoms with Crippen LogP contribution >= 0.6 is 0 Å². The lowest BCUT2D eigenvalue weighted by Crippen LogP contribution is -2.54. The molecule has 2 aliphatic rings. The number of fused-ring (bicyclic) bond motifs is 1. The second kappa shape index (κ2) is 9.52. The molecule has 0 spiro atoms. The highest BCUT2D eigenvalue weighted by Crippen LogP contribution is 2.39. The highest BCUT2D eigenvalue weighted by atomic mass is 19.1. The number of aromatic nitrogens is 3. The van der Waals surface area contributed by atoms with Gasteiger partial charge in [-0.05, 0) is 53.2 Å². The van der Waals surface area contributed by atoms with Gasteiger partial charge in [-0.15, -0.1) is 0 Å². The van der Waals surface area contributed by atoms with Crippen molar-refractivity contribution in [1.82, 2.24) is 19.4 Å². The molecular formula is C27H32F2N6O3. The Bertz CT molecular complexity index is 1390. The Morgan fingerprint density at radius 2 is 1.82 bits per heavy atom. The Morgan fingerprint density at radius 1 is 1.11 bits per heavy atom. The number of piperazine rings is 1. The Morgan fingerprint density at radius 3 is 2.42 bits per heavy atom. The molecule has 4 heterocycles. The van der Waals surface area contributed by atoms with Crippen LogP contribution in [0.5, 0.6) is 0 Å². The predicted molar refractivity (Wildman–Crippen MR) is 140 cm³/mol. The maximum atomic E-state index is 14.5. The average Bonchev–Trinajstić information content (AvgIpc) is 3.44. The van der Waals surface area contributed by atoms with Gasteiger partial charge in [0.05, 0.1) is 16.8 Å². The quantitative estimate of drug-likeness (QED) is 0.497. The third-order valence-electron chi connectivity index (χ3n) is 7.00. The van der Waals surface area contributed by atoms with Crippen LogP contribution in [0.1, 0.15) is 46.1 Å². The molecule has 0 N–H and O–H groups in total. The topological polar surface area (TPSA) is 83.8 Å². The summed E-state index contributed by atoms with van der Waals surface area (Å²) in [7, 11) is 0. The van der Waals surface area contributed by atoms with Crippen molar-refractivity contribution >= 4 is 34.5 Å². The van der Waals surface area contributed by atoms with Crippen molar-refractivity contribution in [2.75, 3.05) is 36.0 Å². The van der Waals surface area contributed by atoms with Crippen LogP contribution in [-0.4, -0.2) is 69.3 Å². The lowest BCUT2D eigenvalue weighted by molar-refractivity contribution is -0.117. The van der Waals surface area contributed by atoms with E-state index in [0.29, 0.717) is 61.6 Å². The molecule has 2 amide bonds. The van der Waals surface area contributed by atoms with E-state index in [2.05, 4.69) is 14.9 Å². The first-order valence-corrected chi connectivity index (χ1v) is 12.8. The summed E-state index contributed by atoms with van der Waals surface area (Å²) in [5, 5.41) is 0.627. The monoisotopic (exact) mass is 526 g/mol. The number of halogens is 2. The number of rotatable bonds is 3. The number of anilines is 2. The highest BCUT2D eigenvalue weighted by Gasteiger charge is 2.34. The summed E-state index contributed by atoms with van der Waals surface area (Å²) in [5.41, 5.74) is 0.647. The fourth-order valence-electron chi connectivity index (χ4n) is 5.08. The normalized spacial score (nSPS) is 18.6. The number of hydrogen-bond acceptors (Lipinski definition) is 6. The summed E-state index contributed by atoms with van der Waals surface area (Å²) >= 11 is 0. The fourth-order valence-corrected chi connectivity index (χ4v) is 5.08. The van der Waals surface area contributed by atoms with Crippen LogP contribution in [0.2, 0.25) is 0 Å². The average molecular weight is 527 g/mol. The molecule has 0 unspecified atom stereocenters. The molecule has 38 heavy (non-hydrogen) atoms. The smallest absolute Gasteiger partial charge is 0.410 e. The standard InChI is InChI=1S/C27H32F2N6O3/c1-16-13-32(26(37)38-27(3,4)5)9-10-33(16)24-23-21(34-8-6-7-22(34)36)14-35(25(23)31-15-30-24)18-11-19(28)17(2)20(29)12-18/h11-12,14-16H,6-10,13H2,1-5H3/t16-/m0/s1. The first-order valence-electron chi connectivity index (χ1n) is 12.8. The first-order chi connectivity index (χ1) is 17.9. The number of nitrogens with zero attached hydrogens (tertiary/aromatic N) is 6. The number of benzene rings is 1. The Balaban J connectivity index is 1.58. The molecule has 0 saturated carbocycles. The van der Waals surface area contributed by atoms with Crippen molar-refractivity contribution in [3.63, 3.8) is 0 Å². The maximum Gasteiger partial charge on any atom is 0.410 e. The van der Waals surface area contributed by atoms with Crippen molar-refractivity contribution in [1.29, 1.82) is 0 Å². The summed E-state index contributed by atoms with van der Waals surface area (Å²) in [6, 6.07) is 2.41. The van der Waals surface area contributed by atoms with Gasteiger partial charge in [-0.2, -0.15) is 0 Å². The summed E-state index contributed by atoms with van der Waals surface area (Å²) < 4.78 is 36.2. The summed E-state index contributed by atoms with van der Waals surface area (Å²) in [6.07, 6.45) is 3.89. The van der Waals surface area contributed by atoms with E-state index >= 15 is 0 Å². The van der Waals surface area contributed by atoms with E-state index in [1.165, 1.54) is 25.4 Å². The molecule has 0 radical (unpaired) electrons. The highest BCUT2D eigenvalue weighted by molar-refractivity contribution is 6.08. The Hall–Kier alpha value is -3.76. The van der Waals surface area contributed by atoms with Gasteiger partial charge in [0.2, 0.25) is 5.91 Å². The molecule has 11 heteroatoms. The number of amides is 2. The van der Waals surface area contributed by atoms with Gasteiger partial charge in [0, 0.05) is 50.4 Å². The van der Waals surface area contributed by atoms with Gasteiger partial charge in [0.1, 0.15) is 29.4 Å². The Kier molecular flexibility index (Phi) is 6.48. The van der Waals surface area contributed by atoms with E-state index in [0.717, 1.165) is 0 Å². The van der Waals surface area contributed by atoms with Gasteiger partial charge >= 0.3 is 6.09 Å². The number of ether oxygens (including phenoxy) is 1. The van der Waals surface area contributed by atoms with Crippen LogP contribution in [-0.2, 0) is 9.53 Å². The van der Waals surface area contributed by atoms with Crippen molar-refractivity contribution in [2.24, 2.45) is 0 Å². The molecule has 0 aliphatic carbocycles. The van der Waals surface area contributed by atoms with Crippen molar-refractivity contribution in [3.8, 4) is 5.69 Å². The summed E-state index contributed by atoms with van der Waals surface area (Å²) in [6.45, 7) is 10.7. The zero-order valence-corrected chi connectivity index (χ0v) is 22.3. The summed E-state index contributed by atoms with van der Waals surface area (Å²) in [5.74, 6) is -0.751. The molecular weight excluding hydrogens is 494 g/mol. The molecule has 1 aromatic carbocycles. The first kappa shape index (κ1) is 25.9. The van der Waals surface area contributed by atoms with Gasteiger partial charge in [0.25, 0.3) is 0 Å². The molecule has 2 aromatic heterocycles. The number of hydrogen-bond donors (Lipinski definition) is 0. The molecule has 2 fully saturated rings. The second-order valence-electron chi connectivity index (χ2n) is 10.9. The molecule has 202 valence electrons. The van der Waals surface area contributed by atoms with Gasteiger partial charge in [-0.25, -0.2) is 23.5 Å².